The third-order valence-electron chi connectivity index (χ3n) is 4.27. The highest BCUT2D eigenvalue weighted by atomic mass is 35.5. The van der Waals surface area contributed by atoms with Crippen molar-refractivity contribution in [3.05, 3.63) is 53.3 Å². The number of hydrogen-bond donors (Lipinski definition) is 1. The summed E-state index contributed by atoms with van der Waals surface area (Å²) in [6.07, 6.45) is 0. The van der Waals surface area contributed by atoms with Crippen LogP contribution in [-0.2, 0) is 4.79 Å². The monoisotopic (exact) mass is 393 g/mol. The van der Waals surface area contributed by atoms with Crippen LogP contribution in [-0.4, -0.2) is 49.8 Å². The lowest BCUT2D eigenvalue weighted by Gasteiger charge is -2.35. The first-order valence-electron chi connectivity index (χ1n) is 8.43. The standard InChI is InChI=1S/C19H21ClFN3OS/c1-23-8-10-24(11-9-23)17-7-6-14(20)12-16(17)22-19(25)13-26-18-5-3-2-4-15(18)21/h2-7,12H,8-11,13H2,1H3,(H,22,25). The number of amides is 1. The number of anilines is 2. The molecule has 0 atom stereocenters. The molecule has 0 radical (unpaired) electrons. The van der Waals surface area contributed by atoms with Crippen molar-refractivity contribution < 1.29 is 9.18 Å². The van der Waals surface area contributed by atoms with Gasteiger partial charge in [0.05, 0.1) is 17.1 Å². The van der Waals surface area contributed by atoms with Gasteiger partial charge < -0.3 is 15.1 Å². The summed E-state index contributed by atoms with van der Waals surface area (Å²) < 4.78 is 13.7. The van der Waals surface area contributed by atoms with E-state index in [1.807, 2.05) is 12.1 Å². The lowest BCUT2D eigenvalue weighted by Crippen LogP contribution is -2.44. The van der Waals surface area contributed by atoms with Crippen LogP contribution in [0.3, 0.4) is 0 Å². The second-order valence-corrected chi connectivity index (χ2v) is 7.67. The molecule has 0 unspecified atom stereocenters. The predicted octanol–water partition coefficient (Wildman–Crippen LogP) is 3.96. The molecule has 1 amide bonds. The zero-order valence-electron chi connectivity index (χ0n) is 14.5. The number of hydrogen-bond acceptors (Lipinski definition) is 4. The van der Waals surface area contributed by atoms with Gasteiger partial charge in [0.1, 0.15) is 5.82 Å². The minimum absolute atomic E-state index is 0.135. The smallest absolute Gasteiger partial charge is 0.234 e. The van der Waals surface area contributed by atoms with Crippen LogP contribution in [0.15, 0.2) is 47.4 Å². The molecule has 1 saturated heterocycles. The number of benzene rings is 2. The average Bonchev–Trinajstić information content (AvgIpc) is 2.62. The fraction of sp³-hybridized carbons (Fsp3) is 0.316. The molecule has 0 aromatic heterocycles. The third kappa shape index (κ3) is 4.90. The quantitative estimate of drug-likeness (QED) is 0.780. The summed E-state index contributed by atoms with van der Waals surface area (Å²) >= 11 is 7.30. The van der Waals surface area contributed by atoms with Gasteiger partial charge in [-0.2, -0.15) is 0 Å². The summed E-state index contributed by atoms with van der Waals surface area (Å²) in [6, 6.07) is 12.0. The summed E-state index contributed by atoms with van der Waals surface area (Å²) in [7, 11) is 2.10. The third-order valence-corrected chi connectivity index (χ3v) is 5.56. The van der Waals surface area contributed by atoms with E-state index in [9.17, 15) is 9.18 Å². The van der Waals surface area contributed by atoms with E-state index in [1.165, 1.54) is 17.8 Å². The molecule has 26 heavy (non-hydrogen) atoms. The summed E-state index contributed by atoms with van der Waals surface area (Å²) in [6.45, 7) is 3.73. The molecule has 2 aromatic carbocycles. The number of piperazine rings is 1. The highest BCUT2D eigenvalue weighted by Gasteiger charge is 2.18. The van der Waals surface area contributed by atoms with Crippen molar-refractivity contribution in [1.82, 2.24) is 4.90 Å². The van der Waals surface area contributed by atoms with Crippen LogP contribution in [0, 0.1) is 5.82 Å². The molecule has 0 bridgehead atoms. The topological polar surface area (TPSA) is 35.6 Å². The molecule has 1 heterocycles. The molecule has 7 heteroatoms. The molecule has 1 aliphatic rings. The Morgan fingerprint density at radius 1 is 1.19 bits per heavy atom. The Kier molecular flexibility index (Phi) is 6.40. The molecule has 1 fully saturated rings. The maximum Gasteiger partial charge on any atom is 0.234 e. The summed E-state index contributed by atoms with van der Waals surface area (Å²) in [5.41, 5.74) is 1.66. The van der Waals surface area contributed by atoms with Crippen LogP contribution < -0.4 is 10.2 Å². The summed E-state index contributed by atoms with van der Waals surface area (Å²) in [5, 5.41) is 3.50. The van der Waals surface area contributed by atoms with E-state index in [4.69, 9.17) is 11.6 Å². The SMILES string of the molecule is CN1CCN(c2ccc(Cl)cc2NC(=O)CSc2ccccc2F)CC1. The molecular weight excluding hydrogens is 373 g/mol. The van der Waals surface area contributed by atoms with Gasteiger partial charge >= 0.3 is 0 Å². The Morgan fingerprint density at radius 3 is 2.65 bits per heavy atom. The van der Waals surface area contributed by atoms with Gasteiger partial charge in [-0.3, -0.25) is 4.79 Å². The summed E-state index contributed by atoms with van der Waals surface area (Å²) in [5.74, 6) is -0.364. The number of thioether (sulfide) groups is 1. The van der Waals surface area contributed by atoms with Gasteiger partial charge in [-0.15, -0.1) is 11.8 Å². The first-order chi connectivity index (χ1) is 12.5. The van der Waals surface area contributed by atoms with Crippen LogP contribution in [0.25, 0.3) is 0 Å². The Labute approximate surface area is 162 Å². The van der Waals surface area contributed by atoms with Crippen molar-refractivity contribution in [3.8, 4) is 0 Å². The Hall–Kier alpha value is -1.76. The van der Waals surface area contributed by atoms with Crippen molar-refractivity contribution in [2.75, 3.05) is 49.2 Å². The highest BCUT2D eigenvalue weighted by molar-refractivity contribution is 8.00. The van der Waals surface area contributed by atoms with Crippen molar-refractivity contribution in [2.45, 2.75) is 4.90 Å². The number of carbonyl (C=O) groups excluding carboxylic acids is 1. The lowest BCUT2D eigenvalue weighted by atomic mass is 10.2. The van der Waals surface area contributed by atoms with Crippen LogP contribution in [0.4, 0.5) is 15.8 Å². The average molecular weight is 394 g/mol. The molecule has 2 aromatic rings. The molecule has 0 saturated carbocycles. The van der Waals surface area contributed by atoms with E-state index in [2.05, 4.69) is 22.2 Å². The van der Waals surface area contributed by atoms with Gasteiger partial charge in [0, 0.05) is 36.1 Å². The van der Waals surface area contributed by atoms with Crippen molar-refractivity contribution in [3.63, 3.8) is 0 Å². The molecule has 1 N–H and O–H groups in total. The fourth-order valence-corrected chi connectivity index (χ4v) is 3.73. The van der Waals surface area contributed by atoms with E-state index in [0.29, 0.717) is 15.6 Å². The van der Waals surface area contributed by atoms with Crippen molar-refractivity contribution >= 4 is 40.6 Å². The van der Waals surface area contributed by atoms with Gasteiger partial charge in [0.15, 0.2) is 0 Å². The Morgan fingerprint density at radius 2 is 1.92 bits per heavy atom. The summed E-state index contributed by atoms with van der Waals surface area (Å²) in [4.78, 5) is 17.4. The van der Waals surface area contributed by atoms with Crippen LogP contribution in [0.2, 0.25) is 5.02 Å². The first kappa shape index (κ1) is 19.0. The number of carbonyl (C=O) groups is 1. The van der Waals surface area contributed by atoms with E-state index < -0.39 is 0 Å². The van der Waals surface area contributed by atoms with Crippen LogP contribution in [0.5, 0.6) is 0 Å². The van der Waals surface area contributed by atoms with Crippen LogP contribution in [0.1, 0.15) is 0 Å². The van der Waals surface area contributed by atoms with Crippen molar-refractivity contribution in [2.24, 2.45) is 0 Å². The highest BCUT2D eigenvalue weighted by Crippen LogP contribution is 2.30. The van der Waals surface area contributed by atoms with E-state index in [1.54, 1.807) is 24.3 Å². The molecular formula is C19H21ClFN3OS. The second kappa shape index (κ2) is 8.75. The predicted molar refractivity (Wildman–Crippen MR) is 107 cm³/mol. The molecule has 138 valence electrons. The number of likely N-dealkylation sites (N-methyl/N-ethyl adjacent to an activating group) is 1. The molecule has 0 aliphatic carbocycles. The number of halogens is 2. The van der Waals surface area contributed by atoms with Gasteiger partial charge in [0.25, 0.3) is 0 Å². The lowest BCUT2D eigenvalue weighted by molar-refractivity contribution is -0.113. The first-order valence-corrected chi connectivity index (χ1v) is 9.79. The van der Waals surface area contributed by atoms with E-state index in [0.717, 1.165) is 31.9 Å². The second-order valence-electron chi connectivity index (χ2n) is 6.22. The van der Waals surface area contributed by atoms with E-state index in [-0.39, 0.29) is 17.5 Å². The van der Waals surface area contributed by atoms with Gasteiger partial charge in [-0.25, -0.2) is 4.39 Å². The Balaban J connectivity index is 1.67. The van der Waals surface area contributed by atoms with Gasteiger partial charge in [0.2, 0.25) is 5.91 Å². The maximum absolute atomic E-state index is 13.7. The largest absolute Gasteiger partial charge is 0.367 e. The fourth-order valence-electron chi connectivity index (χ4n) is 2.82. The molecule has 1 aliphatic heterocycles. The molecule has 3 rings (SSSR count). The number of nitrogens with one attached hydrogen (secondary N) is 1. The van der Waals surface area contributed by atoms with Gasteiger partial charge in [-0.1, -0.05) is 23.7 Å². The maximum atomic E-state index is 13.7. The Bertz CT molecular complexity index is 781. The number of rotatable bonds is 5. The van der Waals surface area contributed by atoms with Crippen LogP contribution >= 0.6 is 23.4 Å². The number of nitrogens with zero attached hydrogens (tertiary/aromatic N) is 2. The normalized spacial score (nSPS) is 15.1. The van der Waals surface area contributed by atoms with Gasteiger partial charge in [-0.05, 0) is 37.4 Å². The minimum atomic E-state index is -0.314. The zero-order chi connectivity index (χ0) is 18.5. The molecule has 0 spiro atoms. The van der Waals surface area contributed by atoms with Crippen molar-refractivity contribution in [1.29, 1.82) is 0 Å². The minimum Gasteiger partial charge on any atom is -0.367 e. The van der Waals surface area contributed by atoms with E-state index >= 15 is 0 Å². The zero-order valence-corrected chi connectivity index (χ0v) is 16.1. The molecule has 4 nitrogen and oxygen atoms in total.